The average Bonchev–Trinajstić information content (AvgIpc) is 2.65. The van der Waals surface area contributed by atoms with Crippen molar-refractivity contribution < 1.29 is 18.8 Å². The minimum absolute atomic E-state index is 0.0570. The first-order valence-electron chi connectivity index (χ1n) is 9.71. The SMILES string of the molecule is Cc1ccc(C(=O)NCCNC(=O)C2CCN(C(=O)C(C)(C)C)CC2)cc1F. The first kappa shape index (κ1) is 21.9. The fourth-order valence-electron chi connectivity index (χ4n) is 3.16. The molecule has 7 heteroatoms. The Morgan fingerprint density at radius 2 is 1.71 bits per heavy atom. The quantitative estimate of drug-likeness (QED) is 0.756. The van der Waals surface area contributed by atoms with Crippen LogP contribution in [0.5, 0.6) is 0 Å². The number of rotatable bonds is 5. The second kappa shape index (κ2) is 9.17. The molecule has 3 amide bonds. The average molecular weight is 391 g/mol. The van der Waals surface area contributed by atoms with Crippen LogP contribution in [0.25, 0.3) is 0 Å². The van der Waals surface area contributed by atoms with Gasteiger partial charge in [-0.15, -0.1) is 0 Å². The smallest absolute Gasteiger partial charge is 0.251 e. The maximum absolute atomic E-state index is 13.5. The van der Waals surface area contributed by atoms with Gasteiger partial charge < -0.3 is 15.5 Å². The largest absolute Gasteiger partial charge is 0.354 e. The molecule has 0 unspecified atom stereocenters. The zero-order chi connectivity index (χ0) is 20.9. The van der Waals surface area contributed by atoms with Crippen LogP contribution in [0.2, 0.25) is 0 Å². The topological polar surface area (TPSA) is 78.5 Å². The van der Waals surface area contributed by atoms with Gasteiger partial charge >= 0.3 is 0 Å². The van der Waals surface area contributed by atoms with Gasteiger partial charge in [0, 0.05) is 43.1 Å². The van der Waals surface area contributed by atoms with Gasteiger partial charge in [0.2, 0.25) is 11.8 Å². The van der Waals surface area contributed by atoms with E-state index in [1.54, 1.807) is 19.1 Å². The highest BCUT2D eigenvalue weighted by Gasteiger charge is 2.32. The molecule has 0 atom stereocenters. The number of carbonyl (C=O) groups is 3. The van der Waals surface area contributed by atoms with Crippen molar-refractivity contribution in [3.05, 3.63) is 35.1 Å². The Morgan fingerprint density at radius 1 is 1.11 bits per heavy atom. The molecule has 0 aliphatic carbocycles. The first-order chi connectivity index (χ1) is 13.1. The van der Waals surface area contributed by atoms with E-state index >= 15 is 0 Å². The highest BCUT2D eigenvalue weighted by molar-refractivity contribution is 5.94. The molecule has 1 heterocycles. The van der Waals surface area contributed by atoms with Gasteiger partial charge in [-0.3, -0.25) is 14.4 Å². The number of aryl methyl sites for hydroxylation is 1. The number of benzene rings is 1. The number of nitrogens with zero attached hydrogens (tertiary/aromatic N) is 1. The van der Waals surface area contributed by atoms with E-state index in [2.05, 4.69) is 10.6 Å². The summed E-state index contributed by atoms with van der Waals surface area (Å²) in [7, 11) is 0. The van der Waals surface area contributed by atoms with E-state index in [1.165, 1.54) is 6.07 Å². The lowest BCUT2D eigenvalue weighted by Crippen LogP contribution is -2.47. The van der Waals surface area contributed by atoms with Gasteiger partial charge in [-0.25, -0.2) is 4.39 Å². The summed E-state index contributed by atoms with van der Waals surface area (Å²) in [6, 6.07) is 4.33. The third kappa shape index (κ3) is 5.78. The summed E-state index contributed by atoms with van der Waals surface area (Å²) >= 11 is 0. The van der Waals surface area contributed by atoms with Crippen molar-refractivity contribution in [2.75, 3.05) is 26.2 Å². The van der Waals surface area contributed by atoms with Crippen LogP contribution in [0.1, 0.15) is 49.5 Å². The summed E-state index contributed by atoms with van der Waals surface area (Å²) in [5.41, 5.74) is 0.331. The third-order valence-electron chi connectivity index (χ3n) is 4.94. The second-order valence-corrected chi connectivity index (χ2v) is 8.33. The summed E-state index contributed by atoms with van der Waals surface area (Å²) < 4.78 is 13.5. The minimum atomic E-state index is -0.419. The summed E-state index contributed by atoms with van der Waals surface area (Å²) in [6.07, 6.45) is 1.28. The van der Waals surface area contributed by atoms with Crippen LogP contribution in [0.15, 0.2) is 18.2 Å². The molecule has 6 nitrogen and oxygen atoms in total. The molecule has 28 heavy (non-hydrogen) atoms. The molecule has 1 aliphatic rings. The molecule has 0 bridgehead atoms. The predicted molar refractivity (Wildman–Crippen MR) is 105 cm³/mol. The normalized spacial score (nSPS) is 15.2. The molecule has 0 radical (unpaired) electrons. The van der Waals surface area contributed by atoms with Crippen LogP contribution >= 0.6 is 0 Å². The summed E-state index contributed by atoms with van der Waals surface area (Å²) in [6.45, 7) is 9.07. The van der Waals surface area contributed by atoms with E-state index in [1.807, 2.05) is 25.7 Å². The van der Waals surface area contributed by atoms with Gasteiger partial charge in [0.1, 0.15) is 5.82 Å². The van der Waals surface area contributed by atoms with Crippen LogP contribution in [-0.4, -0.2) is 48.8 Å². The molecule has 1 aromatic rings. The van der Waals surface area contributed by atoms with E-state index in [0.717, 1.165) is 0 Å². The standard InChI is InChI=1S/C21H30FN3O3/c1-14-5-6-16(13-17(14)22)19(27)24-10-9-23-18(26)15-7-11-25(12-8-15)20(28)21(2,3)4/h5-6,13,15H,7-12H2,1-4H3,(H,23,26)(H,24,27). The summed E-state index contributed by atoms with van der Waals surface area (Å²) in [4.78, 5) is 38.4. The number of halogens is 1. The van der Waals surface area contributed by atoms with Crippen LogP contribution in [0.4, 0.5) is 4.39 Å². The Bertz CT molecular complexity index is 735. The lowest BCUT2D eigenvalue weighted by atomic mass is 9.91. The lowest BCUT2D eigenvalue weighted by Gasteiger charge is -2.35. The van der Waals surface area contributed by atoms with E-state index in [-0.39, 0.29) is 35.7 Å². The van der Waals surface area contributed by atoms with E-state index < -0.39 is 11.2 Å². The monoisotopic (exact) mass is 391 g/mol. The van der Waals surface area contributed by atoms with Crippen LogP contribution in [0.3, 0.4) is 0 Å². The summed E-state index contributed by atoms with van der Waals surface area (Å²) in [5, 5.41) is 5.49. The maximum Gasteiger partial charge on any atom is 0.251 e. The fraction of sp³-hybridized carbons (Fsp3) is 0.571. The molecular formula is C21H30FN3O3. The number of piperidine rings is 1. The van der Waals surface area contributed by atoms with Gasteiger partial charge in [-0.2, -0.15) is 0 Å². The zero-order valence-corrected chi connectivity index (χ0v) is 17.1. The Balaban J connectivity index is 1.70. The molecule has 1 aliphatic heterocycles. The number of nitrogens with one attached hydrogen (secondary N) is 2. The Kier molecular flexibility index (Phi) is 7.16. The van der Waals surface area contributed by atoms with Crippen molar-refractivity contribution in [2.45, 2.75) is 40.5 Å². The number of amides is 3. The molecule has 1 fully saturated rings. The van der Waals surface area contributed by atoms with E-state index in [4.69, 9.17) is 0 Å². The molecule has 2 rings (SSSR count). The number of hydrogen-bond acceptors (Lipinski definition) is 3. The Morgan fingerprint density at radius 3 is 2.29 bits per heavy atom. The van der Waals surface area contributed by atoms with Crippen molar-refractivity contribution in [2.24, 2.45) is 11.3 Å². The second-order valence-electron chi connectivity index (χ2n) is 8.33. The van der Waals surface area contributed by atoms with E-state index in [9.17, 15) is 18.8 Å². The number of carbonyl (C=O) groups excluding carboxylic acids is 3. The number of likely N-dealkylation sites (tertiary alicyclic amines) is 1. The van der Waals surface area contributed by atoms with Crippen LogP contribution in [-0.2, 0) is 9.59 Å². The summed E-state index contributed by atoms with van der Waals surface area (Å²) in [5.74, 6) is -0.856. The molecule has 2 N–H and O–H groups in total. The maximum atomic E-state index is 13.5. The molecule has 1 saturated heterocycles. The highest BCUT2D eigenvalue weighted by atomic mass is 19.1. The van der Waals surface area contributed by atoms with Gasteiger partial charge in [-0.1, -0.05) is 26.8 Å². The minimum Gasteiger partial charge on any atom is -0.354 e. The van der Waals surface area contributed by atoms with Crippen LogP contribution < -0.4 is 10.6 Å². The lowest BCUT2D eigenvalue weighted by molar-refractivity contribution is -0.142. The van der Waals surface area contributed by atoms with Crippen LogP contribution in [0, 0.1) is 24.1 Å². The first-order valence-corrected chi connectivity index (χ1v) is 9.71. The fourth-order valence-corrected chi connectivity index (χ4v) is 3.16. The molecule has 1 aromatic carbocycles. The van der Waals surface area contributed by atoms with Gasteiger partial charge in [-0.05, 0) is 37.5 Å². The number of hydrogen-bond donors (Lipinski definition) is 2. The highest BCUT2D eigenvalue weighted by Crippen LogP contribution is 2.23. The van der Waals surface area contributed by atoms with Crippen molar-refractivity contribution in [3.63, 3.8) is 0 Å². The van der Waals surface area contributed by atoms with Crippen molar-refractivity contribution in [3.8, 4) is 0 Å². The van der Waals surface area contributed by atoms with Gasteiger partial charge in [0.25, 0.3) is 5.91 Å². The van der Waals surface area contributed by atoms with Crippen molar-refractivity contribution in [1.82, 2.24) is 15.5 Å². The predicted octanol–water partition coefficient (Wildman–Crippen LogP) is 2.26. The third-order valence-corrected chi connectivity index (χ3v) is 4.94. The molecular weight excluding hydrogens is 361 g/mol. The molecule has 0 saturated carbocycles. The molecule has 154 valence electrons. The Labute approximate surface area is 165 Å². The zero-order valence-electron chi connectivity index (χ0n) is 17.1. The molecule has 0 spiro atoms. The Hall–Kier alpha value is -2.44. The van der Waals surface area contributed by atoms with Gasteiger partial charge in [0.15, 0.2) is 0 Å². The van der Waals surface area contributed by atoms with Crippen molar-refractivity contribution in [1.29, 1.82) is 0 Å². The van der Waals surface area contributed by atoms with E-state index in [0.29, 0.717) is 38.0 Å². The van der Waals surface area contributed by atoms with Crippen molar-refractivity contribution >= 4 is 17.7 Å². The molecule has 0 aromatic heterocycles. The van der Waals surface area contributed by atoms with Gasteiger partial charge in [0.05, 0.1) is 0 Å².